The van der Waals surface area contributed by atoms with Gasteiger partial charge in [-0.1, -0.05) is 285 Å². The normalized spacial score (nSPS) is 14.4. The van der Waals surface area contributed by atoms with E-state index in [0.29, 0.717) is 25.7 Å². The Kier molecular flexibility index (Phi) is 73.7. The SMILES string of the molecule is CC/C=C\C/C=C\C/C=C\CCCCCCCCCC(=O)OCC(COP(=O)(O)OCC(O)COP(=O)(O)OCC(COC(=O)CCCCCCC/C=C\C/C=C\CCCCC)OC(=O)CCCCCCC/C=C\CCCCCCCC)OC(=O)CCCCCCCCC/C=C\C/C=C\C/C=C\CC. The van der Waals surface area contributed by atoms with Crippen molar-refractivity contribution in [1.29, 1.82) is 0 Å². The number of hydrogen-bond acceptors (Lipinski definition) is 15. The van der Waals surface area contributed by atoms with Crippen molar-refractivity contribution in [3.8, 4) is 0 Å². The van der Waals surface area contributed by atoms with Crippen molar-refractivity contribution in [1.82, 2.24) is 0 Å². The van der Waals surface area contributed by atoms with Gasteiger partial charge in [-0.3, -0.25) is 37.3 Å². The minimum Gasteiger partial charge on any atom is -0.462 e. The first-order valence-electron chi connectivity index (χ1n) is 41.1. The number of allylic oxidation sites excluding steroid dienone is 18. The molecule has 0 radical (unpaired) electrons. The number of aliphatic hydroxyl groups excluding tert-OH is 1. The van der Waals surface area contributed by atoms with Gasteiger partial charge in [0.05, 0.1) is 26.4 Å². The predicted octanol–water partition coefficient (Wildman–Crippen LogP) is 24.1. The first-order chi connectivity index (χ1) is 50.7. The molecule has 0 heterocycles. The summed E-state index contributed by atoms with van der Waals surface area (Å²) in [6, 6.07) is 0. The second-order valence-electron chi connectivity index (χ2n) is 27.3. The van der Waals surface area contributed by atoms with Gasteiger partial charge in [0, 0.05) is 25.7 Å². The highest BCUT2D eigenvalue weighted by atomic mass is 31.2. The number of rotatable bonds is 77. The van der Waals surface area contributed by atoms with E-state index >= 15 is 0 Å². The molecule has 600 valence electrons. The Balaban J connectivity index is 5.39. The van der Waals surface area contributed by atoms with Crippen molar-refractivity contribution in [2.45, 2.75) is 367 Å². The third-order valence-electron chi connectivity index (χ3n) is 17.2. The molecule has 0 fully saturated rings. The molecule has 0 aromatic heterocycles. The lowest BCUT2D eigenvalue weighted by Crippen LogP contribution is -2.30. The molecule has 0 aliphatic carbocycles. The third kappa shape index (κ3) is 75.9. The monoisotopic (exact) mass is 1500 g/mol. The number of aliphatic hydroxyl groups is 1. The molecule has 0 saturated heterocycles. The molecule has 0 aromatic carbocycles. The van der Waals surface area contributed by atoms with Gasteiger partial charge in [-0.25, -0.2) is 9.13 Å². The molecule has 0 amide bonds. The average Bonchev–Trinajstić information content (AvgIpc) is 0.926. The maximum absolute atomic E-state index is 13.1. The first kappa shape index (κ1) is 99.7. The number of phosphoric acid groups is 2. The van der Waals surface area contributed by atoms with Crippen LogP contribution in [0.2, 0.25) is 0 Å². The van der Waals surface area contributed by atoms with E-state index < -0.39 is 97.5 Å². The minimum atomic E-state index is -4.99. The lowest BCUT2D eigenvalue weighted by molar-refractivity contribution is -0.161. The Morgan fingerprint density at radius 3 is 0.798 bits per heavy atom. The summed E-state index contributed by atoms with van der Waals surface area (Å²) in [5, 5.41) is 10.7. The minimum absolute atomic E-state index is 0.0802. The van der Waals surface area contributed by atoms with Gasteiger partial charge in [0.15, 0.2) is 12.2 Å². The second-order valence-corrected chi connectivity index (χ2v) is 30.2. The molecule has 0 aliphatic rings. The van der Waals surface area contributed by atoms with Crippen LogP contribution in [-0.2, 0) is 65.4 Å². The van der Waals surface area contributed by atoms with Gasteiger partial charge in [-0.2, -0.15) is 0 Å². The standard InChI is InChI=1S/C85H148O17P2/c1-5-9-13-17-21-25-29-33-37-39-43-46-50-54-58-62-66-70-83(88)96-76-81(102-85(90)72-68-64-60-56-52-48-44-40-38-34-30-26-22-18-14-10-6-2)78-100-104(93,94)98-74-79(86)73-97-103(91,92)99-77-80(101-84(89)71-67-63-59-55-51-47-42-36-32-28-24-20-16-12-8-4)75-95-82(87)69-65-61-57-53-49-45-41-35-31-27-23-19-15-11-7-3/h9-10,13-14,21-23,25-27,33-38,41-42,79-81,86H,5-8,11-12,15-20,24,28-32,39-40,43-78H2,1-4H3,(H,91,92)(H,93,94)/b13-9-,14-10-,25-21-,26-22-,27-23-,37-33-,38-34-,41-35-,42-36-. The van der Waals surface area contributed by atoms with Crippen LogP contribution >= 0.6 is 15.6 Å². The number of hydrogen-bond donors (Lipinski definition) is 3. The molecule has 5 unspecified atom stereocenters. The fourth-order valence-electron chi connectivity index (χ4n) is 11.0. The van der Waals surface area contributed by atoms with Gasteiger partial charge < -0.3 is 33.8 Å². The fourth-order valence-corrected chi connectivity index (χ4v) is 12.6. The maximum Gasteiger partial charge on any atom is 0.472 e. The number of carbonyl (C=O) groups excluding carboxylic acids is 4. The summed E-state index contributed by atoms with van der Waals surface area (Å²) in [6.45, 7) is 4.62. The van der Waals surface area contributed by atoms with E-state index in [-0.39, 0.29) is 25.7 Å². The van der Waals surface area contributed by atoms with Crippen molar-refractivity contribution >= 4 is 39.5 Å². The van der Waals surface area contributed by atoms with Crippen LogP contribution in [0.1, 0.15) is 349 Å². The Hall–Kier alpha value is -4.28. The molecule has 17 nitrogen and oxygen atoms in total. The first-order valence-corrected chi connectivity index (χ1v) is 44.1. The van der Waals surface area contributed by atoms with Crippen LogP contribution in [0.3, 0.4) is 0 Å². The zero-order chi connectivity index (χ0) is 76.0. The lowest BCUT2D eigenvalue weighted by Gasteiger charge is -2.21. The topological polar surface area (TPSA) is 237 Å². The third-order valence-corrected chi connectivity index (χ3v) is 19.1. The predicted molar refractivity (Wildman–Crippen MR) is 427 cm³/mol. The lowest BCUT2D eigenvalue weighted by atomic mass is 10.1. The van der Waals surface area contributed by atoms with E-state index in [1.807, 2.05) is 0 Å². The molecule has 5 atom stereocenters. The van der Waals surface area contributed by atoms with Crippen molar-refractivity contribution in [2.75, 3.05) is 39.6 Å². The highest BCUT2D eigenvalue weighted by Gasteiger charge is 2.30. The van der Waals surface area contributed by atoms with Gasteiger partial charge in [-0.05, 0) is 148 Å². The van der Waals surface area contributed by atoms with E-state index in [2.05, 4.69) is 137 Å². The van der Waals surface area contributed by atoms with Crippen LogP contribution in [0.5, 0.6) is 0 Å². The van der Waals surface area contributed by atoms with Gasteiger partial charge in [0.2, 0.25) is 0 Å². The molecule has 0 aromatic rings. The summed E-state index contributed by atoms with van der Waals surface area (Å²) >= 11 is 0. The maximum atomic E-state index is 13.1. The van der Waals surface area contributed by atoms with E-state index in [9.17, 15) is 43.2 Å². The van der Waals surface area contributed by atoms with E-state index in [1.165, 1.54) is 57.8 Å². The van der Waals surface area contributed by atoms with Crippen molar-refractivity contribution < 1.29 is 80.2 Å². The number of ether oxygens (including phenoxy) is 4. The molecule has 0 spiro atoms. The Bertz CT molecular complexity index is 2390. The molecular weight excluding hydrogens is 1350 g/mol. The highest BCUT2D eigenvalue weighted by molar-refractivity contribution is 7.47. The number of unbranched alkanes of at least 4 members (excludes halogenated alkanes) is 33. The van der Waals surface area contributed by atoms with Gasteiger partial charge in [-0.15, -0.1) is 0 Å². The molecule has 104 heavy (non-hydrogen) atoms. The van der Waals surface area contributed by atoms with Crippen LogP contribution < -0.4 is 0 Å². The van der Waals surface area contributed by atoms with Crippen LogP contribution in [0, 0.1) is 0 Å². The van der Waals surface area contributed by atoms with E-state index in [4.69, 9.17) is 37.0 Å². The molecule has 19 heteroatoms. The van der Waals surface area contributed by atoms with Crippen LogP contribution in [0.25, 0.3) is 0 Å². The Morgan fingerprint density at radius 1 is 0.279 bits per heavy atom. The van der Waals surface area contributed by atoms with E-state index in [0.717, 1.165) is 212 Å². The van der Waals surface area contributed by atoms with Crippen molar-refractivity contribution in [3.63, 3.8) is 0 Å². The van der Waals surface area contributed by atoms with Crippen LogP contribution in [0.15, 0.2) is 109 Å². The summed E-state index contributed by atoms with van der Waals surface area (Å²) in [5.74, 6) is -2.20. The fraction of sp³-hybridized carbons (Fsp3) is 0.741. The Morgan fingerprint density at radius 2 is 0.500 bits per heavy atom. The highest BCUT2D eigenvalue weighted by Crippen LogP contribution is 2.45. The molecule has 0 bridgehead atoms. The Labute approximate surface area is 632 Å². The van der Waals surface area contributed by atoms with Crippen molar-refractivity contribution in [2.24, 2.45) is 0 Å². The van der Waals surface area contributed by atoms with Gasteiger partial charge in [0.25, 0.3) is 0 Å². The van der Waals surface area contributed by atoms with Crippen LogP contribution in [-0.4, -0.2) is 96.7 Å². The molecular formula is C85H148O17P2. The molecule has 0 saturated carbocycles. The summed E-state index contributed by atoms with van der Waals surface area (Å²) < 4.78 is 68.7. The summed E-state index contributed by atoms with van der Waals surface area (Å²) in [7, 11) is -9.97. The van der Waals surface area contributed by atoms with Crippen LogP contribution in [0.4, 0.5) is 0 Å². The summed E-state index contributed by atoms with van der Waals surface area (Å²) in [4.78, 5) is 73.1. The largest absolute Gasteiger partial charge is 0.472 e. The van der Waals surface area contributed by atoms with Crippen molar-refractivity contribution in [3.05, 3.63) is 109 Å². The van der Waals surface area contributed by atoms with Gasteiger partial charge >= 0.3 is 39.5 Å². The zero-order valence-corrected chi connectivity index (χ0v) is 67.5. The summed E-state index contributed by atoms with van der Waals surface area (Å²) in [5.41, 5.74) is 0. The number of phosphoric ester groups is 2. The average molecular weight is 1500 g/mol. The van der Waals surface area contributed by atoms with E-state index in [1.54, 1.807) is 0 Å². The summed E-state index contributed by atoms with van der Waals surface area (Å²) in [6.07, 6.45) is 83.3. The van der Waals surface area contributed by atoms with Gasteiger partial charge in [0.1, 0.15) is 19.3 Å². The molecule has 3 N–H and O–H groups in total. The molecule has 0 rings (SSSR count). The number of carbonyl (C=O) groups is 4. The second kappa shape index (κ2) is 76.9. The number of esters is 4. The molecule has 0 aliphatic heterocycles. The smallest absolute Gasteiger partial charge is 0.462 e. The quantitative estimate of drug-likeness (QED) is 0.0169. The zero-order valence-electron chi connectivity index (χ0n) is 65.7.